The van der Waals surface area contributed by atoms with Crippen molar-refractivity contribution < 1.29 is 13.9 Å². The van der Waals surface area contributed by atoms with Gasteiger partial charge in [-0.15, -0.1) is 0 Å². The zero-order valence-electron chi connectivity index (χ0n) is 16.9. The van der Waals surface area contributed by atoms with Gasteiger partial charge in [0.25, 0.3) is 5.56 Å². The van der Waals surface area contributed by atoms with Crippen LogP contribution in [0.15, 0.2) is 52.3 Å². The van der Waals surface area contributed by atoms with Crippen LogP contribution >= 0.6 is 0 Å². The van der Waals surface area contributed by atoms with Gasteiger partial charge in [0.05, 0.1) is 24.6 Å². The number of aryl methyl sites for hydroxylation is 2. The highest BCUT2D eigenvalue weighted by molar-refractivity contribution is 6.15. The predicted octanol–water partition coefficient (Wildman–Crippen LogP) is 3.52. The molecule has 6 nitrogen and oxygen atoms in total. The quantitative estimate of drug-likeness (QED) is 0.625. The Kier molecular flexibility index (Phi) is 5.03. The number of hydrogen-bond acceptors (Lipinski definition) is 5. The van der Waals surface area contributed by atoms with E-state index in [-0.39, 0.29) is 24.7 Å². The van der Waals surface area contributed by atoms with Crippen molar-refractivity contribution in [3.8, 4) is 5.69 Å². The van der Waals surface area contributed by atoms with Crippen LogP contribution in [0.25, 0.3) is 5.69 Å². The number of carbonyl (C=O) groups excluding carboxylic acids is 1. The maximum atomic E-state index is 13.5. The minimum atomic E-state index is -0.604. The fourth-order valence-electron chi connectivity index (χ4n) is 3.53. The third-order valence-electron chi connectivity index (χ3n) is 5.09. The number of esters is 1. The van der Waals surface area contributed by atoms with Crippen molar-refractivity contribution in [1.82, 2.24) is 9.55 Å². The lowest BCUT2D eigenvalue weighted by molar-refractivity contribution is 0.0515. The molecule has 0 bridgehead atoms. The number of halogens is 1. The van der Waals surface area contributed by atoms with Gasteiger partial charge >= 0.3 is 5.97 Å². The molecule has 3 aromatic rings. The van der Waals surface area contributed by atoms with Crippen molar-refractivity contribution >= 4 is 11.7 Å². The molecule has 0 fully saturated rings. The van der Waals surface area contributed by atoms with Gasteiger partial charge < -0.3 is 4.74 Å². The molecule has 0 radical (unpaired) electrons. The summed E-state index contributed by atoms with van der Waals surface area (Å²) in [6.45, 7) is 5.93. The van der Waals surface area contributed by atoms with Crippen LogP contribution in [-0.2, 0) is 11.3 Å². The number of nitrogens with zero attached hydrogens (tertiary/aromatic N) is 3. The van der Waals surface area contributed by atoms with Gasteiger partial charge in [0.1, 0.15) is 17.3 Å². The highest BCUT2D eigenvalue weighted by Gasteiger charge is 2.25. The first kappa shape index (κ1) is 19.7. The zero-order chi connectivity index (χ0) is 21.4. The van der Waals surface area contributed by atoms with E-state index in [1.807, 2.05) is 26.0 Å². The predicted molar refractivity (Wildman–Crippen MR) is 111 cm³/mol. The summed E-state index contributed by atoms with van der Waals surface area (Å²) in [5.74, 6) is -0.604. The van der Waals surface area contributed by atoms with E-state index in [2.05, 4.69) is 9.98 Å². The highest BCUT2D eigenvalue weighted by Crippen LogP contribution is 2.28. The minimum Gasteiger partial charge on any atom is -0.461 e. The molecule has 1 aromatic heterocycles. The number of fused-ring (bicyclic) bond motifs is 3. The van der Waals surface area contributed by atoms with E-state index in [4.69, 9.17) is 4.74 Å². The Morgan fingerprint density at radius 1 is 1.13 bits per heavy atom. The van der Waals surface area contributed by atoms with Gasteiger partial charge in [0.2, 0.25) is 0 Å². The molecule has 152 valence electrons. The average molecular weight is 405 g/mol. The molecular formula is C23H20FN3O3. The van der Waals surface area contributed by atoms with E-state index >= 15 is 0 Å². The van der Waals surface area contributed by atoms with Gasteiger partial charge in [-0.2, -0.15) is 4.98 Å². The van der Waals surface area contributed by atoms with Gasteiger partial charge in [0.15, 0.2) is 0 Å². The lowest BCUT2D eigenvalue weighted by Crippen LogP contribution is -2.24. The first-order chi connectivity index (χ1) is 14.4. The first-order valence-electron chi connectivity index (χ1n) is 9.61. The summed E-state index contributed by atoms with van der Waals surface area (Å²) in [4.78, 5) is 33.6. The molecule has 0 atom stereocenters. The van der Waals surface area contributed by atoms with Crippen molar-refractivity contribution in [3.63, 3.8) is 0 Å². The number of aromatic nitrogens is 2. The maximum Gasteiger partial charge on any atom is 0.355 e. The summed E-state index contributed by atoms with van der Waals surface area (Å²) < 4.78 is 20.3. The van der Waals surface area contributed by atoms with Crippen molar-refractivity contribution in [2.45, 2.75) is 27.3 Å². The molecule has 0 aliphatic carbocycles. The van der Waals surface area contributed by atoms with Crippen LogP contribution in [0.5, 0.6) is 0 Å². The molecule has 0 N–H and O–H groups in total. The summed E-state index contributed by atoms with van der Waals surface area (Å²) in [5.41, 5.74) is 4.42. The summed E-state index contributed by atoms with van der Waals surface area (Å²) in [6.07, 6.45) is 0. The van der Waals surface area contributed by atoms with Gasteiger partial charge in [0, 0.05) is 17.2 Å². The number of rotatable bonds is 3. The Balaban J connectivity index is 2.04. The molecule has 0 spiro atoms. The van der Waals surface area contributed by atoms with E-state index in [9.17, 15) is 14.0 Å². The minimum absolute atomic E-state index is 0.0853. The SMILES string of the molecule is CCOC(=O)c1cc(=O)nc2n1-c1cc(C)c(C)cc1C(c1ccc(F)cc1)=NC2. The second-order valence-electron chi connectivity index (χ2n) is 7.08. The molecule has 0 amide bonds. The Bertz CT molecular complexity index is 1240. The molecule has 2 aromatic carbocycles. The molecule has 0 saturated heterocycles. The van der Waals surface area contributed by atoms with Crippen LogP contribution in [0.2, 0.25) is 0 Å². The number of ether oxygens (including phenoxy) is 1. The summed E-state index contributed by atoms with van der Waals surface area (Å²) in [5, 5.41) is 0. The summed E-state index contributed by atoms with van der Waals surface area (Å²) in [6, 6.07) is 11.2. The van der Waals surface area contributed by atoms with E-state index in [0.29, 0.717) is 17.2 Å². The molecule has 1 aliphatic rings. The van der Waals surface area contributed by atoms with E-state index in [1.54, 1.807) is 23.6 Å². The van der Waals surface area contributed by atoms with E-state index < -0.39 is 11.5 Å². The Labute approximate surface area is 172 Å². The van der Waals surface area contributed by atoms with Crippen LogP contribution in [0, 0.1) is 19.7 Å². The second kappa shape index (κ2) is 7.67. The third kappa shape index (κ3) is 3.43. The van der Waals surface area contributed by atoms with E-state index in [1.165, 1.54) is 18.2 Å². The topological polar surface area (TPSA) is 73.6 Å². The summed E-state index contributed by atoms with van der Waals surface area (Å²) >= 11 is 0. The first-order valence-corrected chi connectivity index (χ1v) is 9.61. The summed E-state index contributed by atoms with van der Waals surface area (Å²) in [7, 11) is 0. The number of carbonyl (C=O) groups is 1. The van der Waals surface area contributed by atoms with Gasteiger partial charge in [-0.1, -0.05) is 0 Å². The Morgan fingerprint density at radius 3 is 2.53 bits per heavy atom. The van der Waals surface area contributed by atoms with Crippen LogP contribution in [0.3, 0.4) is 0 Å². The fraction of sp³-hybridized carbons (Fsp3) is 0.217. The highest BCUT2D eigenvalue weighted by atomic mass is 19.1. The number of hydrogen-bond donors (Lipinski definition) is 0. The largest absolute Gasteiger partial charge is 0.461 e. The third-order valence-corrected chi connectivity index (χ3v) is 5.09. The molecule has 0 unspecified atom stereocenters. The molecule has 1 aliphatic heterocycles. The lowest BCUT2D eigenvalue weighted by Gasteiger charge is -2.19. The van der Waals surface area contributed by atoms with Gasteiger partial charge in [-0.05, 0) is 68.3 Å². The average Bonchev–Trinajstić information content (AvgIpc) is 2.85. The second-order valence-corrected chi connectivity index (χ2v) is 7.08. The zero-order valence-corrected chi connectivity index (χ0v) is 16.9. The van der Waals surface area contributed by atoms with Crippen molar-refractivity contribution in [2.75, 3.05) is 6.61 Å². The smallest absolute Gasteiger partial charge is 0.355 e. The maximum absolute atomic E-state index is 13.5. The van der Waals surface area contributed by atoms with Crippen molar-refractivity contribution in [3.05, 3.63) is 92.4 Å². The standard InChI is InChI=1S/C23H20FN3O3/c1-4-30-23(29)19-11-21(28)26-20-12-25-22(15-5-7-16(24)8-6-15)17-9-13(2)14(3)10-18(17)27(19)20/h5-11H,4,12H2,1-3H3. The van der Waals surface area contributed by atoms with Crippen LogP contribution in [0.1, 0.15) is 45.5 Å². The molecular weight excluding hydrogens is 385 g/mol. The lowest BCUT2D eigenvalue weighted by atomic mass is 9.96. The van der Waals surface area contributed by atoms with Crippen molar-refractivity contribution in [1.29, 1.82) is 0 Å². The molecule has 2 heterocycles. The van der Waals surface area contributed by atoms with Gasteiger partial charge in [-0.25, -0.2) is 9.18 Å². The van der Waals surface area contributed by atoms with Crippen LogP contribution in [0.4, 0.5) is 4.39 Å². The molecule has 30 heavy (non-hydrogen) atoms. The van der Waals surface area contributed by atoms with Gasteiger partial charge in [-0.3, -0.25) is 14.4 Å². The molecule has 0 saturated carbocycles. The van der Waals surface area contributed by atoms with Crippen LogP contribution < -0.4 is 5.56 Å². The Hall–Kier alpha value is -3.61. The van der Waals surface area contributed by atoms with Crippen molar-refractivity contribution in [2.24, 2.45) is 4.99 Å². The number of aliphatic imine (C=N–C) groups is 1. The number of benzene rings is 2. The molecule has 7 heteroatoms. The fourth-order valence-corrected chi connectivity index (χ4v) is 3.53. The monoisotopic (exact) mass is 405 g/mol. The molecule has 4 rings (SSSR count). The van der Waals surface area contributed by atoms with E-state index in [0.717, 1.165) is 22.3 Å². The Morgan fingerprint density at radius 2 is 1.83 bits per heavy atom. The normalized spacial score (nSPS) is 12.5. The van der Waals surface area contributed by atoms with Crippen LogP contribution in [-0.4, -0.2) is 27.8 Å².